The molecule has 1 aliphatic rings. The zero-order valence-corrected chi connectivity index (χ0v) is 19.3. The standard InChI is InChI=1S/C29H28FNO.ClH/c30-27-14-12-24(13-15-27)29-26(16-21-6-2-1-3-7-21)18-31-19-28(29)32-20-22-10-11-23-8-4-5-9-25(23)17-22;/h1-15,17,26,28-29,31H,16,18-20H2;1H. The topological polar surface area (TPSA) is 21.3 Å². The molecule has 170 valence electrons. The van der Waals surface area contributed by atoms with Crippen LogP contribution in [0.15, 0.2) is 97.1 Å². The zero-order valence-electron chi connectivity index (χ0n) is 18.5. The van der Waals surface area contributed by atoms with E-state index < -0.39 is 0 Å². The lowest BCUT2D eigenvalue weighted by atomic mass is 9.76. The van der Waals surface area contributed by atoms with E-state index in [-0.39, 0.29) is 30.2 Å². The van der Waals surface area contributed by atoms with E-state index in [2.05, 4.69) is 78.1 Å². The van der Waals surface area contributed by atoms with E-state index in [0.717, 1.165) is 25.1 Å². The minimum absolute atomic E-state index is 0. The highest BCUT2D eigenvalue weighted by molar-refractivity contribution is 5.85. The molecule has 1 aliphatic heterocycles. The van der Waals surface area contributed by atoms with Gasteiger partial charge in [-0.05, 0) is 64.5 Å². The monoisotopic (exact) mass is 461 g/mol. The number of piperidine rings is 1. The molecule has 0 aliphatic carbocycles. The van der Waals surface area contributed by atoms with Gasteiger partial charge in [-0.1, -0.05) is 78.9 Å². The highest BCUT2D eigenvalue weighted by Crippen LogP contribution is 2.35. The van der Waals surface area contributed by atoms with Crippen LogP contribution in [-0.4, -0.2) is 19.2 Å². The van der Waals surface area contributed by atoms with Gasteiger partial charge in [-0.3, -0.25) is 0 Å². The number of benzene rings is 4. The van der Waals surface area contributed by atoms with E-state index in [4.69, 9.17) is 4.74 Å². The molecule has 0 aromatic heterocycles. The predicted molar refractivity (Wildman–Crippen MR) is 135 cm³/mol. The molecule has 0 saturated carbocycles. The van der Waals surface area contributed by atoms with Crippen LogP contribution in [-0.2, 0) is 17.8 Å². The van der Waals surface area contributed by atoms with E-state index in [1.807, 2.05) is 12.1 Å². The van der Waals surface area contributed by atoms with Gasteiger partial charge in [0.05, 0.1) is 12.7 Å². The molecule has 0 spiro atoms. The van der Waals surface area contributed by atoms with E-state index in [1.54, 1.807) is 12.1 Å². The quantitative estimate of drug-likeness (QED) is 0.352. The largest absolute Gasteiger partial charge is 0.372 e. The number of nitrogens with one attached hydrogen (secondary N) is 1. The van der Waals surface area contributed by atoms with Gasteiger partial charge in [0.25, 0.3) is 0 Å². The van der Waals surface area contributed by atoms with Crippen LogP contribution in [0.3, 0.4) is 0 Å². The van der Waals surface area contributed by atoms with Gasteiger partial charge >= 0.3 is 0 Å². The number of rotatable bonds is 6. The second-order valence-corrected chi connectivity index (χ2v) is 8.72. The smallest absolute Gasteiger partial charge is 0.123 e. The fourth-order valence-corrected chi connectivity index (χ4v) is 4.95. The van der Waals surface area contributed by atoms with Gasteiger partial charge in [-0.2, -0.15) is 0 Å². The maximum atomic E-state index is 13.6. The average Bonchev–Trinajstić information content (AvgIpc) is 2.84. The maximum Gasteiger partial charge on any atom is 0.123 e. The summed E-state index contributed by atoms with van der Waals surface area (Å²) in [5.41, 5.74) is 3.64. The summed E-state index contributed by atoms with van der Waals surface area (Å²) in [6, 6.07) is 32.5. The van der Waals surface area contributed by atoms with Crippen molar-refractivity contribution in [1.29, 1.82) is 0 Å². The van der Waals surface area contributed by atoms with Crippen LogP contribution in [0.25, 0.3) is 10.8 Å². The van der Waals surface area contributed by atoms with Crippen molar-refractivity contribution in [2.75, 3.05) is 13.1 Å². The summed E-state index contributed by atoms with van der Waals surface area (Å²) < 4.78 is 20.2. The van der Waals surface area contributed by atoms with Gasteiger partial charge in [-0.15, -0.1) is 12.4 Å². The van der Waals surface area contributed by atoms with Gasteiger partial charge in [-0.25, -0.2) is 4.39 Å². The molecule has 0 amide bonds. The molecule has 0 radical (unpaired) electrons. The normalized spacial score (nSPS) is 20.3. The highest BCUT2D eigenvalue weighted by Gasteiger charge is 2.35. The van der Waals surface area contributed by atoms with Crippen molar-refractivity contribution >= 4 is 23.2 Å². The van der Waals surface area contributed by atoms with Crippen molar-refractivity contribution in [3.05, 3.63) is 120 Å². The highest BCUT2D eigenvalue weighted by atomic mass is 35.5. The predicted octanol–water partition coefficient (Wildman–Crippen LogP) is 6.53. The van der Waals surface area contributed by atoms with Gasteiger partial charge < -0.3 is 10.1 Å². The molecule has 3 unspecified atom stereocenters. The third kappa shape index (κ3) is 5.62. The van der Waals surface area contributed by atoms with Gasteiger partial charge in [0.2, 0.25) is 0 Å². The molecular formula is C29H29ClFNO. The van der Waals surface area contributed by atoms with Crippen molar-refractivity contribution in [2.45, 2.75) is 25.0 Å². The molecule has 1 N–H and O–H groups in total. The number of fused-ring (bicyclic) bond motifs is 1. The second kappa shape index (κ2) is 10.9. The first-order valence-electron chi connectivity index (χ1n) is 11.4. The molecule has 0 bridgehead atoms. The van der Waals surface area contributed by atoms with Crippen molar-refractivity contribution in [1.82, 2.24) is 5.32 Å². The summed E-state index contributed by atoms with van der Waals surface area (Å²) in [4.78, 5) is 0. The Morgan fingerprint density at radius 1 is 0.758 bits per heavy atom. The van der Waals surface area contributed by atoms with Gasteiger partial charge in [0, 0.05) is 12.5 Å². The Kier molecular flexibility index (Phi) is 7.77. The minimum Gasteiger partial charge on any atom is -0.372 e. The third-order valence-corrected chi connectivity index (χ3v) is 6.53. The van der Waals surface area contributed by atoms with Crippen LogP contribution in [0.1, 0.15) is 22.6 Å². The first-order valence-corrected chi connectivity index (χ1v) is 11.4. The number of halogens is 2. The minimum atomic E-state index is -0.198. The Hall–Kier alpha value is -2.72. The summed E-state index contributed by atoms with van der Waals surface area (Å²) in [6.07, 6.45) is 0.987. The first kappa shape index (κ1) is 23.4. The lowest BCUT2D eigenvalue weighted by Crippen LogP contribution is -2.47. The Morgan fingerprint density at radius 2 is 1.48 bits per heavy atom. The maximum absolute atomic E-state index is 13.6. The zero-order chi connectivity index (χ0) is 21.8. The Balaban J connectivity index is 0.00000259. The Labute approximate surface area is 201 Å². The van der Waals surface area contributed by atoms with Crippen LogP contribution in [0.2, 0.25) is 0 Å². The molecule has 4 heteroatoms. The molecule has 5 rings (SSSR count). The number of hydrogen-bond acceptors (Lipinski definition) is 2. The van der Waals surface area contributed by atoms with Gasteiger partial charge in [0.1, 0.15) is 5.82 Å². The summed E-state index contributed by atoms with van der Waals surface area (Å²) >= 11 is 0. The Bertz CT molecular complexity index is 1170. The van der Waals surface area contributed by atoms with Crippen molar-refractivity contribution < 1.29 is 9.13 Å². The van der Waals surface area contributed by atoms with Crippen molar-refractivity contribution in [2.24, 2.45) is 5.92 Å². The molecule has 4 aromatic rings. The van der Waals surface area contributed by atoms with E-state index >= 15 is 0 Å². The van der Waals surface area contributed by atoms with Crippen LogP contribution < -0.4 is 5.32 Å². The molecule has 1 saturated heterocycles. The molecule has 3 atom stereocenters. The van der Waals surface area contributed by atoms with Crippen molar-refractivity contribution in [3.63, 3.8) is 0 Å². The molecule has 1 heterocycles. The van der Waals surface area contributed by atoms with Crippen LogP contribution in [0.4, 0.5) is 4.39 Å². The van der Waals surface area contributed by atoms with Gasteiger partial charge in [0.15, 0.2) is 0 Å². The lowest BCUT2D eigenvalue weighted by Gasteiger charge is -2.39. The molecule has 1 fully saturated rings. The summed E-state index contributed by atoms with van der Waals surface area (Å²) in [6.45, 7) is 2.28. The van der Waals surface area contributed by atoms with Crippen LogP contribution >= 0.6 is 12.4 Å². The summed E-state index contributed by atoms with van der Waals surface area (Å²) in [5, 5.41) is 6.05. The van der Waals surface area contributed by atoms with Crippen molar-refractivity contribution in [3.8, 4) is 0 Å². The van der Waals surface area contributed by atoms with Crippen LogP contribution in [0.5, 0.6) is 0 Å². The third-order valence-electron chi connectivity index (χ3n) is 6.53. The average molecular weight is 462 g/mol. The van der Waals surface area contributed by atoms with Crippen LogP contribution in [0, 0.1) is 11.7 Å². The Morgan fingerprint density at radius 3 is 2.27 bits per heavy atom. The number of ether oxygens (including phenoxy) is 1. The van der Waals surface area contributed by atoms with E-state index in [1.165, 1.54) is 21.9 Å². The van der Waals surface area contributed by atoms with E-state index in [0.29, 0.717) is 12.5 Å². The fraction of sp³-hybridized carbons (Fsp3) is 0.241. The number of hydrogen-bond donors (Lipinski definition) is 1. The van der Waals surface area contributed by atoms with E-state index in [9.17, 15) is 4.39 Å². The first-order chi connectivity index (χ1) is 15.8. The molecule has 4 aromatic carbocycles. The summed E-state index contributed by atoms with van der Waals surface area (Å²) in [7, 11) is 0. The molecular weight excluding hydrogens is 433 g/mol. The molecule has 2 nitrogen and oxygen atoms in total. The summed E-state index contributed by atoms with van der Waals surface area (Å²) in [5.74, 6) is 0.381. The SMILES string of the molecule is Cl.Fc1ccc(C2C(Cc3ccccc3)CNCC2OCc2ccc3ccccc3c2)cc1. The molecule has 33 heavy (non-hydrogen) atoms. The fourth-order valence-electron chi connectivity index (χ4n) is 4.95. The lowest BCUT2D eigenvalue weighted by molar-refractivity contribution is -0.00596. The second-order valence-electron chi connectivity index (χ2n) is 8.72.